The fourth-order valence-corrected chi connectivity index (χ4v) is 2.94. The highest BCUT2D eigenvalue weighted by molar-refractivity contribution is 5.95. The normalized spacial score (nSPS) is 14.0. The van der Waals surface area contributed by atoms with Crippen LogP contribution in [-0.4, -0.2) is 27.8 Å². The molecule has 0 bridgehead atoms. The molecule has 4 rings (SSSR count). The lowest BCUT2D eigenvalue weighted by molar-refractivity contribution is -0.117. The zero-order chi connectivity index (χ0) is 18.1. The van der Waals surface area contributed by atoms with E-state index in [1.165, 1.54) is 10.6 Å². The van der Waals surface area contributed by atoms with Crippen LogP contribution in [0.4, 0.5) is 5.69 Å². The number of carbonyl (C=O) groups is 2. The summed E-state index contributed by atoms with van der Waals surface area (Å²) in [6.07, 6.45) is 4.16. The number of pyridine rings is 1. The van der Waals surface area contributed by atoms with Crippen LogP contribution in [0.1, 0.15) is 23.2 Å². The van der Waals surface area contributed by atoms with Gasteiger partial charge in [0.1, 0.15) is 17.0 Å². The molecule has 0 saturated carbocycles. The van der Waals surface area contributed by atoms with Gasteiger partial charge in [-0.25, -0.2) is 9.78 Å². The van der Waals surface area contributed by atoms with Crippen LogP contribution in [0.15, 0.2) is 59.7 Å². The Kier molecular flexibility index (Phi) is 3.96. The minimum atomic E-state index is -0.772. The second-order valence-corrected chi connectivity index (χ2v) is 5.94. The number of amides is 1. The maximum Gasteiger partial charge on any atom is 0.350 e. The molecule has 0 spiro atoms. The first-order valence-corrected chi connectivity index (χ1v) is 8.22. The fourth-order valence-electron chi connectivity index (χ4n) is 2.94. The van der Waals surface area contributed by atoms with Gasteiger partial charge in [0.05, 0.1) is 0 Å². The van der Waals surface area contributed by atoms with Crippen molar-refractivity contribution in [2.75, 3.05) is 11.4 Å². The molecule has 1 amide bonds. The summed E-state index contributed by atoms with van der Waals surface area (Å²) in [5.41, 5.74) is 0.584. The summed E-state index contributed by atoms with van der Waals surface area (Å²) >= 11 is 0. The second-order valence-electron chi connectivity index (χ2n) is 5.94. The van der Waals surface area contributed by atoms with E-state index in [4.69, 9.17) is 4.74 Å². The summed E-state index contributed by atoms with van der Waals surface area (Å²) in [5, 5.41) is 0. The van der Waals surface area contributed by atoms with Gasteiger partial charge >= 0.3 is 5.97 Å². The van der Waals surface area contributed by atoms with Crippen molar-refractivity contribution in [3.8, 4) is 5.75 Å². The van der Waals surface area contributed by atoms with Crippen LogP contribution >= 0.6 is 0 Å². The van der Waals surface area contributed by atoms with Crippen LogP contribution in [-0.2, 0) is 4.79 Å². The summed E-state index contributed by atoms with van der Waals surface area (Å²) in [6, 6.07) is 11.8. The Labute approximate surface area is 148 Å². The fraction of sp³-hybridized carbons (Fsp3) is 0.158. The molecule has 7 nitrogen and oxygen atoms in total. The Morgan fingerprint density at radius 3 is 2.62 bits per heavy atom. The predicted molar refractivity (Wildman–Crippen MR) is 94.4 cm³/mol. The summed E-state index contributed by atoms with van der Waals surface area (Å²) in [5.74, 6) is -0.390. The SMILES string of the molecule is O=C(Oc1ccc(N2CCCC2=O)cc1)c1cnc2ccccn2c1=O. The van der Waals surface area contributed by atoms with Gasteiger partial charge in [0, 0.05) is 31.0 Å². The number of nitrogens with zero attached hydrogens (tertiary/aromatic N) is 3. The largest absolute Gasteiger partial charge is 0.423 e. The predicted octanol–water partition coefficient (Wildman–Crippen LogP) is 2.04. The van der Waals surface area contributed by atoms with Crippen molar-refractivity contribution in [3.05, 3.63) is 70.8 Å². The number of hydrogen-bond acceptors (Lipinski definition) is 5. The molecule has 0 N–H and O–H groups in total. The molecule has 130 valence electrons. The summed E-state index contributed by atoms with van der Waals surface area (Å²) < 4.78 is 6.57. The number of rotatable bonds is 3. The van der Waals surface area contributed by atoms with E-state index in [1.807, 2.05) is 0 Å². The number of ether oxygens (including phenoxy) is 1. The monoisotopic (exact) mass is 349 g/mol. The first kappa shape index (κ1) is 16.0. The molecule has 7 heteroatoms. The molecule has 0 aliphatic carbocycles. The standard InChI is InChI=1S/C19H15N3O4/c23-17-5-3-11-21(17)13-6-8-14(9-7-13)26-19(25)15-12-20-16-4-1-2-10-22(16)18(15)24/h1-2,4,6-10,12H,3,5,11H2. The third-order valence-electron chi connectivity index (χ3n) is 4.27. The Balaban J connectivity index is 1.56. The van der Waals surface area contributed by atoms with Gasteiger partial charge in [0.2, 0.25) is 5.91 Å². The van der Waals surface area contributed by atoms with Crippen molar-refractivity contribution in [2.24, 2.45) is 0 Å². The highest BCUT2D eigenvalue weighted by Gasteiger charge is 2.22. The molecule has 3 aromatic rings. The first-order valence-electron chi connectivity index (χ1n) is 8.22. The number of carbonyl (C=O) groups excluding carboxylic acids is 2. The summed E-state index contributed by atoms with van der Waals surface area (Å²) in [6.45, 7) is 0.692. The topological polar surface area (TPSA) is 81.0 Å². The number of aromatic nitrogens is 2. The molecular formula is C19H15N3O4. The van der Waals surface area contributed by atoms with E-state index >= 15 is 0 Å². The highest BCUT2D eigenvalue weighted by Crippen LogP contribution is 2.24. The zero-order valence-corrected chi connectivity index (χ0v) is 13.8. The summed E-state index contributed by atoms with van der Waals surface area (Å²) in [4.78, 5) is 42.3. The van der Waals surface area contributed by atoms with Crippen LogP contribution in [0.3, 0.4) is 0 Å². The number of benzene rings is 1. The lowest BCUT2D eigenvalue weighted by Crippen LogP contribution is -2.25. The molecule has 1 fully saturated rings. The van der Waals surface area contributed by atoms with Crippen LogP contribution in [0.5, 0.6) is 5.75 Å². The van der Waals surface area contributed by atoms with Gasteiger partial charge in [0.25, 0.3) is 5.56 Å². The van der Waals surface area contributed by atoms with E-state index in [2.05, 4.69) is 4.98 Å². The average Bonchev–Trinajstić information content (AvgIpc) is 3.09. The van der Waals surface area contributed by atoms with E-state index in [1.54, 1.807) is 53.6 Å². The smallest absolute Gasteiger partial charge is 0.350 e. The molecule has 1 aliphatic rings. The first-order chi connectivity index (χ1) is 12.6. The van der Waals surface area contributed by atoms with Crippen LogP contribution in [0.25, 0.3) is 5.65 Å². The number of hydrogen-bond donors (Lipinski definition) is 0. The van der Waals surface area contributed by atoms with Gasteiger partial charge in [-0.3, -0.25) is 14.0 Å². The van der Waals surface area contributed by atoms with Gasteiger partial charge in [-0.2, -0.15) is 0 Å². The van der Waals surface area contributed by atoms with Crippen LogP contribution < -0.4 is 15.2 Å². The van der Waals surface area contributed by atoms with E-state index < -0.39 is 11.5 Å². The Hall–Kier alpha value is -3.48. The molecule has 1 aliphatic heterocycles. The van der Waals surface area contributed by atoms with Crippen LogP contribution in [0.2, 0.25) is 0 Å². The molecule has 1 saturated heterocycles. The number of esters is 1. The van der Waals surface area contributed by atoms with E-state index in [-0.39, 0.29) is 11.5 Å². The minimum Gasteiger partial charge on any atom is -0.423 e. The van der Waals surface area contributed by atoms with E-state index in [9.17, 15) is 14.4 Å². The van der Waals surface area contributed by atoms with Crippen molar-refractivity contribution in [3.63, 3.8) is 0 Å². The highest BCUT2D eigenvalue weighted by atomic mass is 16.5. The zero-order valence-electron chi connectivity index (χ0n) is 13.8. The maximum absolute atomic E-state index is 12.4. The molecule has 0 radical (unpaired) electrons. The van der Waals surface area contributed by atoms with Crippen molar-refractivity contribution < 1.29 is 14.3 Å². The van der Waals surface area contributed by atoms with Gasteiger partial charge in [-0.15, -0.1) is 0 Å². The maximum atomic E-state index is 12.4. The van der Waals surface area contributed by atoms with Gasteiger partial charge < -0.3 is 9.64 Å². The Morgan fingerprint density at radius 1 is 1.08 bits per heavy atom. The lowest BCUT2D eigenvalue weighted by Gasteiger charge is -2.15. The van der Waals surface area contributed by atoms with Gasteiger partial charge in [-0.05, 0) is 42.8 Å². The van der Waals surface area contributed by atoms with Crippen LogP contribution in [0, 0.1) is 0 Å². The summed E-state index contributed by atoms with van der Waals surface area (Å²) in [7, 11) is 0. The third-order valence-corrected chi connectivity index (χ3v) is 4.27. The number of fused-ring (bicyclic) bond motifs is 1. The Bertz CT molecular complexity index is 1060. The Morgan fingerprint density at radius 2 is 1.88 bits per heavy atom. The van der Waals surface area contributed by atoms with Crippen molar-refractivity contribution in [1.82, 2.24) is 9.38 Å². The number of anilines is 1. The van der Waals surface area contributed by atoms with Gasteiger partial charge in [-0.1, -0.05) is 6.07 Å². The van der Waals surface area contributed by atoms with E-state index in [0.717, 1.165) is 12.1 Å². The van der Waals surface area contributed by atoms with E-state index in [0.29, 0.717) is 24.4 Å². The molecule has 0 atom stereocenters. The van der Waals surface area contributed by atoms with Crippen molar-refractivity contribution in [2.45, 2.75) is 12.8 Å². The molecule has 26 heavy (non-hydrogen) atoms. The minimum absolute atomic E-state index is 0.0880. The molecule has 0 unspecified atom stereocenters. The van der Waals surface area contributed by atoms with Crippen molar-refractivity contribution in [1.29, 1.82) is 0 Å². The van der Waals surface area contributed by atoms with Crippen molar-refractivity contribution >= 4 is 23.2 Å². The second kappa shape index (κ2) is 6.44. The lowest BCUT2D eigenvalue weighted by atomic mass is 10.2. The third kappa shape index (κ3) is 2.83. The quantitative estimate of drug-likeness (QED) is 0.534. The average molecular weight is 349 g/mol. The molecular weight excluding hydrogens is 334 g/mol. The van der Waals surface area contributed by atoms with Gasteiger partial charge in [0.15, 0.2) is 0 Å². The molecule has 2 aromatic heterocycles. The molecule has 3 heterocycles. The molecule has 1 aromatic carbocycles.